The van der Waals surface area contributed by atoms with Crippen LogP contribution in [0.25, 0.3) is 11.1 Å². The Bertz CT molecular complexity index is 3210. The molecule has 4 aromatic carbocycles. The van der Waals surface area contributed by atoms with Gasteiger partial charge in [0, 0.05) is 81.0 Å². The highest BCUT2D eigenvalue weighted by Crippen LogP contribution is 2.42. The molecule has 9 rings (SSSR count). The van der Waals surface area contributed by atoms with Crippen molar-refractivity contribution in [2.24, 2.45) is 9.98 Å². The number of amides is 7. The number of nitrogens with zero attached hydrogens (tertiary/aromatic N) is 5. The number of unbranched alkanes of at least 4 members (excludes halogenated alkanes) is 2. The summed E-state index contributed by atoms with van der Waals surface area (Å²) in [6.07, 6.45) is 11.9. The lowest BCUT2D eigenvalue weighted by Gasteiger charge is -2.19. The van der Waals surface area contributed by atoms with Crippen LogP contribution >= 0.6 is 15.9 Å². The fraction of sp³-hybridized carbons (Fsp3) is 0.316. The summed E-state index contributed by atoms with van der Waals surface area (Å²) in [6, 6.07) is 20.1. The van der Waals surface area contributed by atoms with E-state index in [4.69, 9.17) is 33.7 Å². The Morgan fingerprint density at radius 3 is 1.73 bits per heavy atom. The summed E-state index contributed by atoms with van der Waals surface area (Å²) in [5.41, 5.74) is 5.93. The standard InChI is InChI=1S/C57H57BrN8O12/c1-33(62-52(68)30-61-51(67)9-6-5-7-18-64-53(69)25-44(58)57(64)73)54(70)63-38-14-10-34(11-15-38)36-21-39-28-59-45-26-49(47(75-3)23-42(45)55(71)65(39)31-36)77-19-8-20-78-50-27-46-43(24-48(50)76-4)56(72)66-32-37(22-40(66)29-60-46)35-12-16-41(74-2)17-13-35/h10-17,23-29,31-33,39-40H,5-9,18-22,30H2,1-4H3,(H,61,67)(H,62,68)(H,63,70)/t33-,39?,40+/m1/s1. The van der Waals surface area contributed by atoms with Gasteiger partial charge < -0.3 is 49.4 Å². The Labute approximate surface area is 458 Å². The van der Waals surface area contributed by atoms with Crippen LogP contribution in [0.3, 0.4) is 0 Å². The summed E-state index contributed by atoms with van der Waals surface area (Å²) < 4.78 is 29.2. The Balaban J connectivity index is 0.721. The maximum Gasteiger partial charge on any atom is 0.267 e. The molecule has 3 N–H and O–H groups in total. The Morgan fingerprint density at radius 1 is 0.667 bits per heavy atom. The summed E-state index contributed by atoms with van der Waals surface area (Å²) in [7, 11) is 4.64. The van der Waals surface area contributed by atoms with Crippen LogP contribution < -0.4 is 39.6 Å². The number of nitrogens with one attached hydrogen (secondary N) is 3. The minimum Gasteiger partial charge on any atom is -0.497 e. The molecule has 7 amide bonds. The first-order valence-electron chi connectivity index (χ1n) is 25.4. The van der Waals surface area contributed by atoms with Crippen molar-refractivity contribution in [3.05, 3.63) is 118 Å². The van der Waals surface area contributed by atoms with Crippen LogP contribution in [-0.4, -0.2) is 134 Å². The van der Waals surface area contributed by atoms with Crippen LogP contribution in [0.15, 0.2) is 106 Å². The molecule has 404 valence electrons. The molecule has 0 saturated heterocycles. The van der Waals surface area contributed by atoms with E-state index in [1.807, 2.05) is 42.6 Å². The van der Waals surface area contributed by atoms with Crippen molar-refractivity contribution in [2.75, 3.05) is 52.9 Å². The van der Waals surface area contributed by atoms with Gasteiger partial charge in [-0.05, 0) is 94.4 Å². The zero-order chi connectivity index (χ0) is 55.0. The molecule has 0 aromatic heterocycles. The van der Waals surface area contributed by atoms with Gasteiger partial charge in [0.1, 0.15) is 11.8 Å². The number of ether oxygens (including phenoxy) is 5. The largest absolute Gasteiger partial charge is 0.497 e. The van der Waals surface area contributed by atoms with Gasteiger partial charge in [-0.2, -0.15) is 0 Å². The molecule has 20 nitrogen and oxygen atoms in total. The minimum absolute atomic E-state index is 0.163. The van der Waals surface area contributed by atoms with Crippen molar-refractivity contribution in [1.82, 2.24) is 25.3 Å². The van der Waals surface area contributed by atoms with Gasteiger partial charge in [0.25, 0.3) is 23.6 Å². The monoisotopic (exact) mass is 1120 g/mol. The van der Waals surface area contributed by atoms with Gasteiger partial charge in [-0.15, -0.1) is 0 Å². The molecular weight excluding hydrogens is 1070 g/mol. The van der Waals surface area contributed by atoms with Crippen molar-refractivity contribution in [3.63, 3.8) is 0 Å². The molecule has 0 saturated carbocycles. The van der Waals surface area contributed by atoms with Gasteiger partial charge in [0.05, 0.1) is 80.2 Å². The molecule has 1 unspecified atom stereocenters. The number of carbonyl (C=O) groups is 7. The maximum atomic E-state index is 14.1. The normalized spacial score (nSPS) is 17.4. The van der Waals surface area contributed by atoms with E-state index in [1.165, 1.54) is 27.2 Å². The molecular formula is C57H57BrN8O12. The first kappa shape index (κ1) is 54.2. The van der Waals surface area contributed by atoms with Gasteiger partial charge in [-0.3, -0.25) is 48.4 Å². The third-order valence-corrected chi connectivity index (χ3v) is 14.3. The topological polar surface area (TPSA) is 236 Å². The quantitative estimate of drug-likeness (QED) is 0.0521. The van der Waals surface area contributed by atoms with E-state index in [0.717, 1.165) is 32.9 Å². The fourth-order valence-corrected chi connectivity index (χ4v) is 9.85. The zero-order valence-electron chi connectivity index (χ0n) is 43.3. The molecule has 5 heterocycles. The first-order valence-corrected chi connectivity index (χ1v) is 26.2. The Kier molecular flexibility index (Phi) is 16.8. The third kappa shape index (κ3) is 12.2. The number of aliphatic imine (C=N–C) groups is 2. The molecule has 0 bridgehead atoms. The van der Waals surface area contributed by atoms with E-state index in [-0.39, 0.29) is 78.8 Å². The summed E-state index contributed by atoms with van der Waals surface area (Å²) >= 11 is 3.06. The molecule has 21 heteroatoms. The van der Waals surface area contributed by atoms with Crippen LogP contribution in [-0.2, 0) is 24.0 Å². The summed E-state index contributed by atoms with van der Waals surface area (Å²) in [6.45, 7) is 1.99. The number of hydrogen-bond acceptors (Lipinski definition) is 14. The lowest BCUT2D eigenvalue weighted by molar-refractivity contribution is -0.137. The van der Waals surface area contributed by atoms with Crippen LogP contribution in [0.1, 0.15) is 83.7 Å². The zero-order valence-corrected chi connectivity index (χ0v) is 44.9. The van der Waals surface area contributed by atoms with Crippen molar-refractivity contribution in [2.45, 2.75) is 70.0 Å². The summed E-state index contributed by atoms with van der Waals surface area (Å²) in [5.74, 6) is -0.147. The van der Waals surface area contributed by atoms with Crippen molar-refractivity contribution < 1.29 is 57.2 Å². The Hall–Kier alpha value is -8.59. The molecule has 5 aliphatic heterocycles. The van der Waals surface area contributed by atoms with Crippen LogP contribution in [0.4, 0.5) is 17.1 Å². The number of anilines is 1. The smallest absolute Gasteiger partial charge is 0.267 e. The highest BCUT2D eigenvalue weighted by atomic mass is 79.9. The number of imide groups is 1. The van der Waals surface area contributed by atoms with Crippen LogP contribution in [0.2, 0.25) is 0 Å². The average Bonchev–Trinajstić information content (AvgIpc) is 4.19. The van der Waals surface area contributed by atoms with Crippen LogP contribution in [0.5, 0.6) is 28.7 Å². The number of hydrogen-bond donors (Lipinski definition) is 3. The predicted molar refractivity (Wildman–Crippen MR) is 294 cm³/mol. The Morgan fingerprint density at radius 2 is 1.22 bits per heavy atom. The van der Waals surface area contributed by atoms with E-state index in [0.29, 0.717) is 89.7 Å². The van der Waals surface area contributed by atoms with Crippen molar-refractivity contribution in [1.29, 1.82) is 0 Å². The van der Waals surface area contributed by atoms with E-state index in [9.17, 15) is 33.6 Å². The van der Waals surface area contributed by atoms with Gasteiger partial charge in [0.15, 0.2) is 23.0 Å². The molecule has 0 radical (unpaired) electrons. The van der Waals surface area contributed by atoms with Gasteiger partial charge in [0.2, 0.25) is 17.7 Å². The molecule has 3 atom stereocenters. The third-order valence-electron chi connectivity index (χ3n) is 13.7. The second-order valence-corrected chi connectivity index (χ2v) is 19.7. The molecule has 0 spiro atoms. The molecule has 0 aliphatic carbocycles. The number of halogens is 1. The molecule has 5 aliphatic rings. The van der Waals surface area contributed by atoms with Gasteiger partial charge in [-0.1, -0.05) is 30.7 Å². The van der Waals surface area contributed by atoms with Crippen LogP contribution in [0, 0.1) is 0 Å². The van der Waals surface area contributed by atoms with E-state index in [1.54, 1.807) is 71.9 Å². The second kappa shape index (κ2) is 24.2. The minimum atomic E-state index is -0.904. The highest BCUT2D eigenvalue weighted by molar-refractivity contribution is 9.12. The molecule has 78 heavy (non-hydrogen) atoms. The van der Waals surface area contributed by atoms with E-state index >= 15 is 0 Å². The fourth-order valence-electron chi connectivity index (χ4n) is 9.44. The average molecular weight is 1130 g/mol. The van der Waals surface area contributed by atoms with Gasteiger partial charge in [-0.25, -0.2) is 0 Å². The number of methoxy groups -OCH3 is 3. The van der Waals surface area contributed by atoms with Crippen molar-refractivity contribution in [3.8, 4) is 28.7 Å². The summed E-state index contributed by atoms with van der Waals surface area (Å²) in [4.78, 5) is 103. The number of fused-ring (bicyclic) bond motifs is 4. The molecule has 4 aromatic rings. The predicted octanol–water partition coefficient (Wildman–Crippen LogP) is 7.27. The number of carbonyl (C=O) groups excluding carboxylic acids is 7. The lowest BCUT2D eigenvalue weighted by atomic mass is 10.0. The van der Waals surface area contributed by atoms with Gasteiger partial charge >= 0.3 is 0 Å². The number of benzene rings is 4. The first-order chi connectivity index (χ1) is 37.7. The molecule has 0 fully saturated rings. The highest BCUT2D eigenvalue weighted by Gasteiger charge is 2.36. The van der Waals surface area contributed by atoms with E-state index in [2.05, 4.69) is 31.9 Å². The number of rotatable bonds is 22. The lowest BCUT2D eigenvalue weighted by Crippen LogP contribution is -2.45. The second-order valence-electron chi connectivity index (χ2n) is 18.9. The maximum absolute atomic E-state index is 14.1. The van der Waals surface area contributed by atoms with Crippen molar-refractivity contribution >= 4 is 97.9 Å². The van der Waals surface area contributed by atoms with E-state index < -0.39 is 17.9 Å². The summed E-state index contributed by atoms with van der Waals surface area (Å²) in [5, 5.41) is 7.93. The SMILES string of the molecule is COc1ccc(C2=CN3C(=O)c4cc(OC)c(OCCCOc5cc6c(cc5OC)C(=O)N5C=C(c7ccc(NC(=O)[C@@H](C)NC(=O)CNC(=O)CCCCCN8C(=O)C=C(Br)C8=O)cc7)CC5C=N6)cc4N=C[C@@H]3C2)cc1.